The lowest BCUT2D eigenvalue weighted by molar-refractivity contribution is -0.140. The van der Waals surface area contributed by atoms with Gasteiger partial charge in [0, 0.05) is 113 Å². The van der Waals surface area contributed by atoms with E-state index in [0.717, 1.165) is 115 Å². The van der Waals surface area contributed by atoms with Crippen molar-refractivity contribution in [3.05, 3.63) is 130 Å². The van der Waals surface area contributed by atoms with Crippen molar-refractivity contribution in [1.82, 2.24) is 44.9 Å². The quantitative estimate of drug-likeness (QED) is 0.0510. The van der Waals surface area contributed by atoms with Gasteiger partial charge in [-0.25, -0.2) is 36.6 Å². The van der Waals surface area contributed by atoms with Crippen molar-refractivity contribution >= 4 is 68.1 Å². The molecule has 4 aliphatic rings. The molecule has 23 heteroatoms. The third kappa shape index (κ3) is 11.9. The number of benzene rings is 3. The third-order valence-electron chi connectivity index (χ3n) is 17.0. The van der Waals surface area contributed by atoms with Crippen molar-refractivity contribution in [2.75, 3.05) is 79.7 Å². The number of hydrazine groups is 1. The maximum absolute atomic E-state index is 16.1. The fourth-order valence-corrected chi connectivity index (χ4v) is 13.9. The fraction of sp³-hybridized carbons (Fsp3) is 0.433. The van der Waals surface area contributed by atoms with E-state index in [1.807, 2.05) is 87.4 Å². The number of pyridine rings is 1. The first-order valence-electron chi connectivity index (χ1n) is 28.4. The highest BCUT2D eigenvalue weighted by atomic mass is 32.2. The van der Waals surface area contributed by atoms with Crippen LogP contribution in [-0.2, 0) is 27.5 Å². The summed E-state index contributed by atoms with van der Waals surface area (Å²) in [6.45, 7) is 13.9. The number of carbonyl (C=O) groups is 3. The van der Waals surface area contributed by atoms with E-state index in [2.05, 4.69) is 47.1 Å². The average molecular weight is 1180 g/mol. The van der Waals surface area contributed by atoms with E-state index in [4.69, 9.17) is 5.10 Å². The van der Waals surface area contributed by atoms with Crippen LogP contribution in [0.1, 0.15) is 91.3 Å². The largest absolute Gasteiger partial charge is 0.391 e. The Balaban J connectivity index is 0.671. The lowest BCUT2D eigenvalue weighted by atomic mass is 9.90. The van der Waals surface area contributed by atoms with Gasteiger partial charge in [-0.15, -0.1) is 11.3 Å². The zero-order valence-corrected chi connectivity index (χ0v) is 48.8. The molecule has 83 heavy (non-hydrogen) atoms. The first kappa shape index (κ1) is 57.6. The number of likely N-dealkylation sites (tertiary alicyclic amines) is 1. The van der Waals surface area contributed by atoms with Gasteiger partial charge in [-0.1, -0.05) is 50.2 Å². The van der Waals surface area contributed by atoms with Gasteiger partial charge in [0.1, 0.15) is 35.2 Å². The van der Waals surface area contributed by atoms with Gasteiger partial charge in [0.25, 0.3) is 0 Å². The maximum Gasteiger partial charge on any atom is 0.243 e. The molecule has 2 amide bonds. The number of piperidine rings is 1. The number of thiazole rings is 1. The topological polar surface area (TPSA) is 196 Å². The van der Waals surface area contributed by atoms with E-state index in [1.165, 1.54) is 6.20 Å². The summed E-state index contributed by atoms with van der Waals surface area (Å²) in [5, 5.41) is 20.3. The Morgan fingerprint density at radius 3 is 2.25 bits per heavy atom. The summed E-state index contributed by atoms with van der Waals surface area (Å²) in [6.07, 6.45) is 3.12. The number of nitrogens with zero attached hydrogens (tertiary/aromatic N) is 10. The number of amides is 2. The molecular weight excluding hydrogens is 1110 g/mol. The highest BCUT2D eigenvalue weighted by Crippen LogP contribution is 2.36. The summed E-state index contributed by atoms with van der Waals surface area (Å²) in [5.41, 5.74) is 6.80. The van der Waals surface area contributed by atoms with Crippen molar-refractivity contribution in [3.63, 3.8) is 0 Å². The van der Waals surface area contributed by atoms with Crippen molar-refractivity contribution in [2.24, 2.45) is 18.9 Å². The minimum atomic E-state index is -3.49. The minimum Gasteiger partial charge on any atom is -0.391 e. The molecule has 438 valence electrons. The Morgan fingerprint density at radius 2 is 1.59 bits per heavy atom. The number of nitrogens with one attached hydrogen (secondary N) is 2. The number of piperazine rings is 1. The number of ketones is 1. The molecule has 4 saturated heterocycles. The number of hydrogen-bond acceptors (Lipinski definition) is 14. The van der Waals surface area contributed by atoms with Crippen molar-refractivity contribution < 1.29 is 41.1 Å². The number of alkyl halides is 1. The molecule has 4 fully saturated rings. The Bertz CT molecular complexity index is 3590. The van der Waals surface area contributed by atoms with Crippen LogP contribution in [0, 0.1) is 30.4 Å². The molecule has 7 aromatic rings. The number of thiol groups is 1. The predicted molar refractivity (Wildman–Crippen MR) is 315 cm³/mol. The standard InChI is InChI=1S/C60H69F3N12O6S2/c1-35(2)53(60(79)74-33-45(76)27-51(74)59(78)67-36(3)39-6-8-41(9-7-39)57-37(4)66-34-82-57)49-28-52(69(5)68-49)72-24-22-70(23-25-72)31-38-16-19-71(20-17-38)44-12-10-40(11-13-44)42-26-46-47(30-65-58(46)64-29-42)56(77)54-48(62)14-15-50(55(54)63)75(83(80)81)73-21-18-43(61)32-73/h6-15,26,28-30,34-36,38,43,45,51,53,76,83H,16-25,27,31-33H2,1-5H3,(H,64,65)(H,67,78)/t36-,43+,45+,51-,53+/m0/s1. The Labute approximate surface area is 486 Å². The highest BCUT2D eigenvalue weighted by molar-refractivity contribution is 7.73. The van der Waals surface area contributed by atoms with Crippen LogP contribution in [0.25, 0.3) is 32.6 Å². The number of aromatic amines is 1. The number of β-amino-alcohol motifs (C(OH)–C–C–N with tert-alkyl or cyclic N) is 1. The van der Waals surface area contributed by atoms with Gasteiger partial charge >= 0.3 is 0 Å². The summed E-state index contributed by atoms with van der Waals surface area (Å²) < 4.78 is 72.5. The first-order valence-corrected chi connectivity index (χ1v) is 30.4. The fourth-order valence-electron chi connectivity index (χ4n) is 12.4. The molecule has 3 N–H and O–H groups in total. The Morgan fingerprint density at radius 1 is 0.867 bits per heavy atom. The van der Waals surface area contributed by atoms with Crippen LogP contribution in [0.2, 0.25) is 0 Å². The summed E-state index contributed by atoms with van der Waals surface area (Å²) >= 11 is 1.59. The predicted octanol–water partition coefficient (Wildman–Crippen LogP) is 7.81. The van der Waals surface area contributed by atoms with E-state index < -0.39 is 63.8 Å². The molecule has 5 atom stereocenters. The van der Waals surface area contributed by atoms with Gasteiger partial charge in [-0.3, -0.25) is 24.0 Å². The molecule has 0 aliphatic carbocycles. The number of aliphatic hydroxyl groups excluding tert-OH is 1. The van der Waals surface area contributed by atoms with Gasteiger partial charge in [-0.05, 0) is 92.0 Å². The monoisotopic (exact) mass is 1170 g/mol. The zero-order valence-electron chi connectivity index (χ0n) is 47.1. The number of aromatic nitrogens is 5. The van der Waals surface area contributed by atoms with Gasteiger partial charge in [0.15, 0.2) is 5.82 Å². The number of carbonyl (C=O) groups excluding carboxylic acids is 3. The van der Waals surface area contributed by atoms with Gasteiger partial charge < -0.3 is 30.1 Å². The molecule has 18 nitrogen and oxygen atoms in total. The molecule has 4 aromatic heterocycles. The lowest BCUT2D eigenvalue weighted by Crippen LogP contribution is -2.49. The van der Waals surface area contributed by atoms with E-state index in [-0.39, 0.29) is 61.8 Å². The smallest absolute Gasteiger partial charge is 0.243 e. The molecule has 3 aromatic carbocycles. The summed E-state index contributed by atoms with van der Waals surface area (Å²) in [4.78, 5) is 64.1. The number of anilines is 3. The van der Waals surface area contributed by atoms with Crippen LogP contribution in [-0.4, -0.2) is 154 Å². The van der Waals surface area contributed by atoms with E-state index in [0.29, 0.717) is 32.6 Å². The zero-order chi connectivity index (χ0) is 58.4. The molecule has 0 spiro atoms. The number of H-pyrrole nitrogens is 1. The van der Waals surface area contributed by atoms with Crippen molar-refractivity contribution in [1.29, 1.82) is 0 Å². The molecule has 0 saturated carbocycles. The van der Waals surface area contributed by atoms with Crippen LogP contribution in [0.5, 0.6) is 0 Å². The number of hydrogen-bond donors (Lipinski definition) is 4. The van der Waals surface area contributed by atoms with Gasteiger partial charge in [-0.2, -0.15) is 9.51 Å². The van der Waals surface area contributed by atoms with Crippen LogP contribution < -0.4 is 19.5 Å². The van der Waals surface area contributed by atoms with Crippen molar-refractivity contribution in [3.8, 4) is 21.6 Å². The molecule has 0 unspecified atom stereocenters. The van der Waals surface area contributed by atoms with E-state index >= 15 is 8.78 Å². The van der Waals surface area contributed by atoms with Crippen LogP contribution in [0.4, 0.5) is 30.4 Å². The Kier molecular flexibility index (Phi) is 16.8. The van der Waals surface area contributed by atoms with E-state index in [9.17, 15) is 32.3 Å². The molecule has 0 radical (unpaired) electrons. The van der Waals surface area contributed by atoms with E-state index in [1.54, 1.807) is 28.5 Å². The normalized spacial score (nSPS) is 20.0. The second-order valence-electron chi connectivity index (χ2n) is 22.8. The highest BCUT2D eigenvalue weighted by Gasteiger charge is 2.44. The summed E-state index contributed by atoms with van der Waals surface area (Å²) in [5.74, 6) is -3.30. The third-order valence-corrected chi connectivity index (χ3v) is 18.7. The van der Waals surface area contributed by atoms with Crippen LogP contribution in [0.3, 0.4) is 0 Å². The molecular formula is C60H69F3N12O6S2. The first-order chi connectivity index (χ1) is 39.9. The number of halogens is 3. The number of aliphatic hydroxyl groups is 1. The van der Waals surface area contributed by atoms with Gasteiger partial charge in [0.05, 0.1) is 51.9 Å². The van der Waals surface area contributed by atoms with Crippen LogP contribution >= 0.6 is 11.3 Å². The van der Waals surface area contributed by atoms with Gasteiger partial charge in [0.2, 0.25) is 28.5 Å². The summed E-state index contributed by atoms with van der Waals surface area (Å²) in [6, 6.07) is 20.5. The number of aryl methyl sites for hydroxylation is 2. The number of rotatable bonds is 17. The van der Waals surface area contributed by atoms with Crippen molar-refractivity contribution in [2.45, 2.75) is 83.7 Å². The molecule has 11 rings (SSSR count). The second-order valence-corrected chi connectivity index (χ2v) is 24.5. The van der Waals surface area contributed by atoms with Crippen LogP contribution in [0.15, 0.2) is 90.7 Å². The molecule has 4 aliphatic heterocycles. The Hall–Kier alpha value is -7.18. The maximum atomic E-state index is 16.1. The lowest BCUT2D eigenvalue weighted by Gasteiger charge is -2.40. The SMILES string of the molecule is Cc1ncsc1-c1ccc([C@H](C)NC(=O)[C@@H]2C[C@@H](O)CN2C(=O)[C@@H](c2cc(N3CCN(CC4CCN(c5ccc(-c6cnc7[nH]cc(C(=O)c8c(F)ccc(N(N9CC[C@@H](F)C9)[SH](=O)=O)c8F)c7c6)cc5)CC4)CC3)n(C)n2)C(C)C)cc1. The minimum absolute atomic E-state index is 0.000577. The summed E-state index contributed by atoms with van der Waals surface area (Å²) in [7, 11) is -1.58. The molecule has 8 heterocycles. The number of fused-ring (bicyclic) bond motifs is 1. The average Bonchev–Trinajstić information content (AvgIpc) is 3.65. The second kappa shape index (κ2) is 24.2. The molecule has 0 bridgehead atoms.